The van der Waals surface area contributed by atoms with Crippen LogP contribution in [0.3, 0.4) is 0 Å². The second-order valence-corrected chi connectivity index (χ2v) is 23.4. The molecule has 11 aromatic rings. The van der Waals surface area contributed by atoms with Gasteiger partial charge < -0.3 is 0 Å². The Morgan fingerprint density at radius 1 is 0.368 bits per heavy atom. The molecular formula is C51H34N2P2S2. The summed E-state index contributed by atoms with van der Waals surface area (Å²) in [6.07, 6.45) is 0. The van der Waals surface area contributed by atoms with Gasteiger partial charge in [0.2, 0.25) is 0 Å². The highest BCUT2D eigenvalue weighted by atomic mass is 32.4. The summed E-state index contributed by atoms with van der Waals surface area (Å²) in [7, 11) is 0. The molecule has 0 bridgehead atoms. The van der Waals surface area contributed by atoms with Crippen molar-refractivity contribution < 1.29 is 0 Å². The zero-order valence-electron chi connectivity index (χ0n) is 30.7. The second-order valence-electron chi connectivity index (χ2n) is 14.6. The standard InChI is InChI=1S/C51H34N2P2S2/c56-54(37-16-4-1-5-17-37,40-30-29-36-28-27-35-15-10-11-22-42(35)45(36)33-40)41-31-32-48-46(34-41)52-51-44-24-14-26-49(50(44)43-23-12-13-25-47(43)53(48)51)55(57,38-18-6-2-7-19-38)39-20-8-3-9-21-39/h1-34H. The molecule has 270 valence electrons. The molecule has 0 fully saturated rings. The maximum atomic E-state index is 7.00. The van der Waals surface area contributed by atoms with E-state index >= 15 is 0 Å². The molecule has 9 aromatic carbocycles. The minimum absolute atomic E-state index is 0.922. The van der Waals surface area contributed by atoms with Gasteiger partial charge in [-0.1, -0.05) is 206 Å². The number of aromatic nitrogens is 2. The quantitative estimate of drug-likeness (QED) is 0.123. The van der Waals surface area contributed by atoms with Crippen LogP contribution in [0.2, 0.25) is 0 Å². The molecule has 0 saturated heterocycles. The molecule has 57 heavy (non-hydrogen) atoms. The number of benzene rings is 9. The van der Waals surface area contributed by atoms with Crippen molar-refractivity contribution in [2.75, 3.05) is 0 Å². The summed E-state index contributed by atoms with van der Waals surface area (Å²) in [5, 5.41) is 15.3. The number of nitrogens with zero attached hydrogens (tertiary/aromatic N) is 2. The van der Waals surface area contributed by atoms with Crippen LogP contribution in [0.15, 0.2) is 206 Å². The van der Waals surface area contributed by atoms with Gasteiger partial charge in [0.15, 0.2) is 0 Å². The summed E-state index contributed by atoms with van der Waals surface area (Å²) >= 11 is 14.0. The van der Waals surface area contributed by atoms with E-state index in [4.69, 9.17) is 28.6 Å². The molecule has 2 nitrogen and oxygen atoms in total. The summed E-state index contributed by atoms with van der Waals surface area (Å²) in [6, 6.07) is 69.1. The van der Waals surface area contributed by atoms with Crippen molar-refractivity contribution in [2.24, 2.45) is 0 Å². The highest BCUT2D eigenvalue weighted by Gasteiger charge is 2.30. The molecule has 0 saturated carbocycles. The topological polar surface area (TPSA) is 17.3 Å². The third kappa shape index (κ3) is 5.26. The maximum Gasteiger partial charge on any atom is 0.146 e. The molecule has 0 aliphatic carbocycles. The summed E-state index contributed by atoms with van der Waals surface area (Å²) in [6.45, 7) is 0. The Labute approximate surface area is 341 Å². The van der Waals surface area contributed by atoms with Gasteiger partial charge in [0.25, 0.3) is 0 Å². The zero-order chi connectivity index (χ0) is 38.1. The minimum atomic E-state index is -2.53. The Bertz CT molecular complexity index is 3430. The lowest BCUT2D eigenvalue weighted by Crippen LogP contribution is -2.25. The van der Waals surface area contributed by atoms with Gasteiger partial charge in [-0.25, -0.2) is 4.98 Å². The summed E-state index contributed by atoms with van der Waals surface area (Å²) in [5.74, 6) is 0. The first-order valence-electron chi connectivity index (χ1n) is 19.1. The molecule has 1 atom stereocenters. The highest BCUT2D eigenvalue weighted by molar-refractivity contribution is 8.26. The number of para-hydroxylation sites is 1. The van der Waals surface area contributed by atoms with Gasteiger partial charge in [-0.2, -0.15) is 0 Å². The third-order valence-electron chi connectivity index (χ3n) is 11.5. The molecule has 0 aliphatic rings. The van der Waals surface area contributed by atoms with Crippen LogP contribution in [-0.2, 0) is 23.6 Å². The Hall–Kier alpha value is -5.73. The van der Waals surface area contributed by atoms with E-state index < -0.39 is 12.1 Å². The molecule has 0 aliphatic heterocycles. The number of fused-ring (bicyclic) bond motifs is 11. The Morgan fingerprint density at radius 2 is 0.895 bits per heavy atom. The summed E-state index contributed by atoms with van der Waals surface area (Å²) in [4.78, 5) is 5.53. The number of hydrogen-bond donors (Lipinski definition) is 0. The normalized spacial score (nSPS) is 13.2. The van der Waals surface area contributed by atoms with Crippen LogP contribution in [0.25, 0.3) is 59.9 Å². The third-order valence-corrected chi connectivity index (χ3v) is 21.4. The van der Waals surface area contributed by atoms with Gasteiger partial charge >= 0.3 is 0 Å². The predicted octanol–water partition coefficient (Wildman–Crippen LogP) is 10.6. The lowest BCUT2D eigenvalue weighted by molar-refractivity contribution is 1.32. The molecule has 2 aromatic heterocycles. The lowest BCUT2D eigenvalue weighted by atomic mass is 10.0. The van der Waals surface area contributed by atoms with Crippen molar-refractivity contribution in [3.8, 4) is 0 Å². The van der Waals surface area contributed by atoms with Gasteiger partial charge in [-0.15, -0.1) is 0 Å². The van der Waals surface area contributed by atoms with E-state index in [0.29, 0.717) is 0 Å². The van der Waals surface area contributed by atoms with Crippen LogP contribution in [0, 0.1) is 0 Å². The highest BCUT2D eigenvalue weighted by Crippen LogP contribution is 2.48. The van der Waals surface area contributed by atoms with Gasteiger partial charge in [-0.3, -0.25) is 4.40 Å². The van der Waals surface area contributed by atoms with E-state index in [1.54, 1.807) is 0 Å². The average molecular weight is 801 g/mol. The zero-order valence-corrected chi connectivity index (χ0v) is 34.2. The van der Waals surface area contributed by atoms with Gasteiger partial charge in [0.1, 0.15) is 5.65 Å². The van der Waals surface area contributed by atoms with Crippen molar-refractivity contribution in [3.05, 3.63) is 206 Å². The monoisotopic (exact) mass is 800 g/mol. The van der Waals surface area contributed by atoms with Crippen molar-refractivity contribution in [1.29, 1.82) is 0 Å². The molecule has 2 heterocycles. The fourth-order valence-corrected chi connectivity index (χ4v) is 16.6. The van der Waals surface area contributed by atoms with Crippen molar-refractivity contribution in [2.45, 2.75) is 0 Å². The van der Waals surface area contributed by atoms with Gasteiger partial charge in [0.05, 0.1) is 16.6 Å². The SMILES string of the molecule is S=P(c1ccccc1)(c1ccc2c(c1)nc1c3cccc(P(=S)(c4ccccc4)c4ccccc4)c3c3ccccc3n21)c1ccc2ccc3ccccc3c2c1. The summed E-state index contributed by atoms with van der Waals surface area (Å²) < 4.78 is 2.34. The maximum absolute atomic E-state index is 7.00. The largest absolute Gasteiger partial charge is 0.292 e. The predicted molar refractivity (Wildman–Crippen MR) is 255 cm³/mol. The Balaban J connectivity index is 1.19. The molecule has 11 rings (SSSR count). The molecule has 0 radical (unpaired) electrons. The molecule has 0 amide bonds. The van der Waals surface area contributed by atoms with E-state index in [1.165, 1.54) is 48.1 Å². The number of pyridine rings is 1. The molecule has 0 N–H and O–H groups in total. The van der Waals surface area contributed by atoms with Crippen molar-refractivity contribution in [1.82, 2.24) is 9.38 Å². The smallest absolute Gasteiger partial charge is 0.146 e. The van der Waals surface area contributed by atoms with Gasteiger partial charge in [-0.05, 0) is 72.3 Å². The van der Waals surface area contributed by atoms with Crippen molar-refractivity contribution in [3.63, 3.8) is 0 Å². The van der Waals surface area contributed by atoms with Crippen LogP contribution in [0.5, 0.6) is 0 Å². The molecule has 0 spiro atoms. The fraction of sp³-hybridized carbons (Fsp3) is 0. The molecular weight excluding hydrogens is 767 g/mol. The van der Waals surface area contributed by atoms with E-state index in [2.05, 4.69) is 211 Å². The minimum Gasteiger partial charge on any atom is -0.292 e. The summed E-state index contributed by atoms with van der Waals surface area (Å²) in [5.41, 5.74) is 4.01. The molecule has 1 unspecified atom stereocenters. The van der Waals surface area contributed by atoms with Crippen LogP contribution in [-0.4, -0.2) is 9.38 Å². The first-order chi connectivity index (χ1) is 28.0. The van der Waals surface area contributed by atoms with Crippen LogP contribution in [0.4, 0.5) is 0 Å². The van der Waals surface area contributed by atoms with E-state index in [-0.39, 0.29) is 0 Å². The van der Waals surface area contributed by atoms with Crippen LogP contribution in [0.1, 0.15) is 0 Å². The first-order valence-corrected chi connectivity index (χ1v) is 24.7. The second kappa shape index (κ2) is 13.4. The number of imidazole rings is 1. The molecule has 6 heteroatoms. The Kier molecular flexibility index (Phi) is 8.14. The lowest BCUT2D eigenvalue weighted by Gasteiger charge is -2.26. The van der Waals surface area contributed by atoms with Gasteiger partial charge in [0, 0.05) is 33.5 Å². The number of rotatable bonds is 6. The number of hydrogen-bond acceptors (Lipinski definition) is 3. The van der Waals surface area contributed by atoms with Crippen molar-refractivity contribution >= 4 is 127 Å². The average Bonchev–Trinajstić information content (AvgIpc) is 3.68. The first kappa shape index (κ1) is 34.5. The van der Waals surface area contributed by atoms with E-state index in [9.17, 15) is 0 Å². The van der Waals surface area contributed by atoms with Crippen LogP contribution < -0.4 is 31.8 Å². The fourth-order valence-electron chi connectivity index (χ4n) is 8.82. The van der Waals surface area contributed by atoms with Crippen LogP contribution >= 0.6 is 12.1 Å². The Morgan fingerprint density at radius 3 is 1.60 bits per heavy atom. The van der Waals surface area contributed by atoms with E-state index in [0.717, 1.165) is 43.6 Å². The van der Waals surface area contributed by atoms with E-state index in [1.807, 2.05) is 0 Å².